The first-order valence-electron chi connectivity index (χ1n) is 4.47. The van der Waals surface area contributed by atoms with Gasteiger partial charge < -0.3 is 9.47 Å². The minimum Gasteiger partial charge on any atom is -0.355 e. The molecule has 0 heterocycles. The highest BCUT2D eigenvalue weighted by atomic mass is 35.5. The zero-order valence-electron chi connectivity index (χ0n) is 8.91. The summed E-state index contributed by atoms with van der Waals surface area (Å²) in [5.41, 5.74) is 0. The van der Waals surface area contributed by atoms with Gasteiger partial charge in [0.2, 0.25) is 0 Å². The van der Waals surface area contributed by atoms with Crippen molar-refractivity contribution in [1.29, 1.82) is 0 Å². The van der Waals surface area contributed by atoms with E-state index in [1.165, 1.54) is 14.2 Å². The second kappa shape index (κ2) is 6.57. The number of hydrogen-bond acceptors (Lipinski definition) is 3. The highest BCUT2D eigenvalue weighted by molar-refractivity contribution is 7.85. The molecule has 0 fully saturated rings. The number of rotatable bonds is 5. The van der Waals surface area contributed by atoms with E-state index in [1.54, 1.807) is 18.2 Å². The van der Waals surface area contributed by atoms with Gasteiger partial charge in [0.15, 0.2) is 6.29 Å². The Bertz CT molecular complexity index is 380. The summed E-state index contributed by atoms with van der Waals surface area (Å²) < 4.78 is 21.8. The van der Waals surface area contributed by atoms with Crippen molar-refractivity contribution in [3.05, 3.63) is 28.2 Å². The quantitative estimate of drug-likeness (QED) is 0.779. The minimum absolute atomic E-state index is 0.255. The summed E-state index contributed by atoms with van der Waals surface area (Å²) in [6, 6.07) is 4.88. The Balaban J connectivity index is 2.76. The Hall–Kier alpha value is -0.130. The van der Waals surface area contributed by atoms with Crippen LogP contribution in [0.25, 0.3) is 0 Å². The van der Waals surface area contributed by atoms with Crippen molar-refractivity contribution >= 4 is 34.0 Å². The van der Waals surface area contributed by atoms with Crippen molar-refractivity contribution in [3.8, 4) is 0 Å². The minimum atomic E-state index is -1.22. The molecular weight excluding hydrogens is 271 g/mol. The molecule has 6 heteroatoms. The molecule has 1 unspecified atom stereocenters. The van der Waals surface area contributed by atoms with Gasteiger partial charge >= 0.3 is 0 Å². The normalized spacial score (nSPS) is 13.1. The van der Waals surface area contributed by atoms with E-state index in [0.29, 0.717) is 14.9 Å². The lowest BCUT2D eigenvalue weighted by atomic mass is 10.4. The van der Waals surface area contributed by atoms with Gasteiger partial charge in [-0.1, -0.05) is 23.2 Å². The van der Waals surface area contributed by atoms with Gasteiger partial charge in [-0.15, -0.1) is 0 Å². The lowest BCUT2D eigenvalue weighted by Crippen LogP contribution is -2.21. The van der Waals surface area contributed by atoms with E-state index in [9.17, 15) is 4.21 Å². The molecule has 0 radical (unpaired) electrons. The first-order chi connectivity index (χ1) is 7.58. The summed E-state index contributed by atoms with van der Waals surface area (Å²) in [6.07, 6.45) is -0.490. The number of methoxy groups -OCH3 is 2. The summed E-state index contributed by atoms with van der Waals surface area (Å²) in [7, 11) is 1.78. The SMILES string of the molecule is COC(CS(=O)c1ccc(Cl)c(Cl)c1)OC. The van der Waals surface area contributed by atoms with Crippen molar-refractivity contribution in [2.75, 3.05) is 20.0 Å². The summed E-state index contributed by atoms with van der Waals surface area (Å²) in [5.74, 6) is 0.255. The predicted molar refractivity (Wildman–Crippen MR) is 65.5 cm³/mol. The summed E-state index contributed by atoms with van der Waals surface area (Å²) in [4.78, 5) is 0.605. The molecule has 1 aromatic rings. The molecule has 0 bridgehead atoms. The highest BCUT2D eigenvalue weighted by Gasteiger charge is 2.13. The van der Waals surface area contributed by atoms with Gasteiger partial charge in [0.05, 0.1) is 26.6 Å². The maximum atomic E-state index is 11.9. The molecule has 3 nitrogen and oxygen atoms in total. The largest absolute Gasteiger partial charge is 0.355 e. The molecule has 0 aliphatic carbocycles. The first kappa shape index (κ1) is 13.9. The number of ether oxygens (including phenoxy) is 2. The first-order valence-corrected chi connectivity index (χ1v) is 6.55. The molecule has 0 saturated carbocycles. The molecule has 0 aliphatic rings. The van der Waals surface area contributed by atoms with Crippen LogP contribution in [0.15, 0.2) is 23.1 Å². The van der Waals surface area contributed by atoms with Crippen LogP contribution in [0.4, 0.5) is 0 Å². The standard InChI is InChI=1S/C10H12Cl2O3S/c1-14-10(15-2)6-16(13)7-3-4-8(11)9(12)5-7/h3-5,10H,6H2,1-2H3. The van der Waals surface area contributed by atoms with E-state index < -0.39 is 17.1 Å². The molecule has 90 valence electrons. The summed E-state index contributed by atoms with van der Waals surface area (Å²) in [5, 5.41) is 0.830. The van der Waals surface area contributed by atoms with E-state index in [2.05, 4.69) is 0 Å². The molecule has 0 aliphatic heterocycles. The van der Waals surface area contributed by atoms with Crippen molar-refractivity contribution in [2.24, 2.45) is 0 Å². The van der Waals surface area contributed by atoms with Crippen molar-refractivity contribution in [1.82, 2.24) is 0 Å². The van der Waals surface area contributed by atoms with Gasteiger partial charge in [0, 0.05) is 19.1 Å². The Kier molecular flexibility index (Phi) is 5.72. The summed E-state index contributed by atoms with van der Waals surface area (Å²) >= 11 is 11.6. The second-order valence-corrected chi connectivity index (χ2v) is 5.30. The van der Waals surface area contributed by atoms with Crippen LogP contribution in [-0.4, -0.2) is 30.5 Å². The molecule has 0 saturated heterocycles. The van der Waals surface area contributed by atoms with Gasteiger partial charge in [0.25, 0.3) is 0 Å². The van der Waals surface area contributed by atoms with Gasteiger partial charge in [-0.3, -0.25) is 4.21 Å². The smallest absolute Gasteiger partial charge is 0.168 e. The molecule has 16 heavy (non-hydrogen) atoms. The Morgan fingerprint density at radius 1 is 1.25 bits per heavy atom. The fourth-order valence-corrected chi connectivity index (χ4v) is 2.61. The predicted octanol–water partition coefficient (Wildman–Crippen LogP) is 2.72. The number of halogens is 2. The third kappa shape index (κ3) is 3.71. The van der Waals surface area contributed by atoms with Crippen LogP contribution in [0.1, 0.15) is 0 Å². The Labute approximate surface area is 107 Å². The molecule has 0 aromatic heterocycles. The zero-order valence-corrected chi connectivity index (χ0v) is 11.2. The fourth-order valence-electron chi connectivity index (χ4n) is 1.07. The van der Waals surface area contributed by atoms with Gasteiger partial charge in [-0.25, -0.2) is 0 Å². The van der Waals surface area contributed by atoms with E-state index in [-0.39, 0.29) is 5.75 Å². The third-order valence-electron chi connectivity index (χ3n) is 1.97. The second-order valence-electron chi connectivity index (χ2n) is 2.99. The lowest BCUT2D eigenvalue weighted by molar-refractivity contribution is -0.0847. The van der Waals surface area contributed by atoms with Crippen LogP contribution in [0.2, 0.25) is 10.0 Å². The maximum absolute atomic E-state index is 11.9. The van der Waals surface area contributed by atoms with Crippen LogP contribution >= 0.6 is 23.2 Å². The van der Waals surface area contributed by atoms with Gasteiger partial charge in [-0.05, 0) is 18.2 Å². The van der Waals surface area contributed by atoms with Crippen LogP contribution < -0.4 is 0 Å². The van der Waals surface area contributed by atoms with Gasteiger partial charge in [0.1, 0.15) is 0 Å². The lowest BCUT2D eigenvalue weighted by Gasteiger charge is -2.12. The van der Waals surface area contributed by atoms with Crippen LogP contribution in [0.5, 0.6) is 0 Å². The van der Waals surface area contributed by atoms with E-state index in [1.807, 2.05) is 0 Å². The molecule has 0 N–H and O–H groups in total. The van der Waals surface area contributed by atoms with Crippen molar-refractivity contribution in [2.45, 2.75) is 11.2 Å². The zero-order chi connectivity index (χ0) is 12.1. The Morgan fingerprint density at radius 2 is 1.88 bits per heavy atom. The molecule has 1 rings (SSSR count). The fraction of sp³-hybridized carbons (Fsp3) is 0.400. The third-order valence-corrected chi connectivity index (χ3v) is 4.06. The molecule has 1 atom stereocenters. The average Bonchev–Trinajstić information content (AvgIpc) is 2.29. The highest BCUT2D eigenvalue weighted by Crippen LogP contribution is 2.24. The number of benzene rings is 1. The molecular formula is C10H12Cl2O3S. The average molecular weight is 283 g/mol. The van der Waals surface area contributed by atoms with E-state index in [4.69, 9.17) is 32.7 Å². The van der Waals surface area contributed by atoms with Crippen LogP contribution in [0, 0.1) is 0 Å². The van der Waals surface area contributed by atoms with Crippen molar-refractivity contribution in [3.63, 3.8) is 0 Å². The monoisotopic (exact) mass is 282 g/mol. The van der Waals surface area contributed by atoms with Crippen LogP contribution in [0.3, 0.4) is 0 Å². The molecule has 0 amide bonds. The number of hydrogen-bond donors (Lipinski definition) is 0. The van der Waals surface area contributed by atoms with E-state index in [0.717, 1.165) is 0 Å². The van der Waals surface area contributed by atoms with E-state index >= 15 is 0 Å². The van der Waals surface area contributed by atoms with Crippen LogP contribution in [-0.2, 0) is 20.3 Å². The molecule has 1 aromatic carbocycles. The van der Waals surface area contributed by atoms with Gasteiger partial charge in [-0.2, -0.15) is 0 Å². The molecule has 0 spiro atoms. The Morgan fingerprint density at radius 3 is 2.38 bits per heavy atom. The maximum Gasteiger partial charge on any atom is 0.168 e. The summed E-state index contributed by atoms with van der Waals surface area (Å²) in [6.45, 7) is 0. The van der Waals surface area contributed by atoms with Crippen molar-refractivity contribution < 1.29 is 13.7 Å². The topological polar surface area (TPSA) is 35.5 Å².